The van der Waals surface area contributed by atoms with Crippen molar-refractivity contribution in [3.05, 3.63) is 23.5 Å². The van der Waals surface area contributed by atoms with Crippen molar-refractivity contribution in [2.75, 3.05) is 32.6 Å². The minimum atomic E-state index is 0.425. The van der Waals surface area contributed by atoms with Gasteiger partial charge in [0.15, 0.2) is 5.82 Å². The number of imidazole rings is 1. The Balaban J connectivity index is 2.13. The van der Waals surface area contributed by atoms with Crippen molar-refractivity contribution in [3.8, 4) is 5.75 Å². The van der Waals surface area contributed by atoms with Crippen LogP contribution < -0.4 is 16.2 Å². The molecular weight excluding hydrogens is 330 g/mol. The number of aromatic amines is 1. The molecule has 1 aromatic carbocycles. The molecule has 0 atom stereocenters. The van der Waals surface area contributed by atoms with Crippen LogP contribution >= 0.6 is 0 Å². The zero-order valence-corrected chi connectivity index (χ0v) is 15.5. The van der Waals surface area contributed by atoms with Crippen LogP contribution in [0.3, 0.4) is 0 Å². The van der Waals surface area contributed by atoms with Gasteiger partial charge in [-0.3, -0.25) is 0 Å². The molecule has 2 aromatic heterocycles. The van der Waals surface area contributed by atoms with Crippen LogP contribution in [0.1, 0.15) is 31.2 Å². The summed E-state index contributed by atoms with van der Waals surface area (Å²) in [6.07, 6.45) is 3.48. The van der Waals surface area contributed by atoms with E-state index in [4.69, 9.17) is 20.9 Å². The third-order valence-electron chi connectivity index (χ3n) is 4.34. The van der Waals surface area contributed by atoms with Crippen LogP contribution in [0.4, 0.5) is 5.82 Å². The van der Waals surface area contributed by atoms with Gasteiger partial charge in [0.2, 0.25) is 0 Å². The average molecular weight is 357 g/mol. The van der Waals surface area contributed by atoms with Crippen molar-refractivity contribution >= 4 is 27.8 Å². The van der Waals surface area contributed by atoms with E-state index in [1.807, 2.05) is 6.07 Å². The van der Waals surface area contributed by atoms with Gasteiger partial charge in [-0.25, -0.2) is 9.97 Å². The van der Waals surface area contributed by atoms with Crippen molar-refractivity contribution in [2.45, 2.75) is 32.6 Å². The number of H-pyrrole nitrogens is 1. The van der Waals surface area contributed by atoms with Gasteiger partial charge < -0.3 is 25.9 Å². The van der Waals surface area contributed by atoms with Crippen molar-refractivity contribution in [1.82, 2.24) is 15.0 Å². The highest BCUT2D eigenvalue weighted by Crippen LogP contribution is 2.33. The Kier molecular flexibility index (Phi) is 5.90. The molecule has 0 aliphatic rings. The zero-order chi connectivity index (χ0) is 18.5. The quantitative estimate of drug-likeness (QED) is 0.507. The molecule has 0 saturated heterocycles. The number of pyridine rings is 1. The number of nitrogens with one attached hydrogen (secondary N) is 1. The molecule has 7 heteroatoms. The maximum absolute atomic E-state index is 6.18. The number of ether oxygens (including phenoxy) is 2. The predicted octanol–water partition coefficient (Wildman–Crippen LogP) is 2.56. The van der Waals surface area contributed by atoms with Gasteiger partial charge in [0.05, 0.1) is 24.2 Å². The Morgan fingerprint density at radius 1 is 1.15 bits per heavy atom. The largest absolute Gasteiger partial charge is 0.493 e. The molecule has 0 radical (unpaired) electrons. The number of hydrogen-bond acceptors (Lipinski definition) is 6. The molecule has 0 aliphatic carbocycles. The third-order valence-corrected chi connectivity index (χ3v) is 4.34. The Morgan fingerprint density at radius 3 is 2.73 bits per heavy atom. The normalized spacial score (nSPS) is 11.5. The molecular formula is C19H27N5O2. The maximum Gasteiger partial charge on any atom is 0.152 e. The summed E-state index contributed by atoms with van der Waals surface area (Å²) in [7, 11) is 1.68. The van der Waals surface area contributed by atoms with Crippen LogP contribution in [-0.4, -0.2) is 41.8 Å². The van der Waals surface area contributed by atoms with Gasteiger partial charge >= 0.3 is 0 Å². The number of nitrogens with two attached hydrogens (primary N) is 2. The van der Waals surface area contributed by atoms with Gasteiger partial charge in [-0.1, -0.05) is 13.3 Å². The van der Waals surface area contributed by atoms with Crippen molar-refractivity contribution in [2.24, 2.45) is 5.73 Å². The van der Waals surface area contributed by atoms with Crippen LogP contribution in [0, 0.1) is 0 Å². The van der Waals surface area contributed by atoms with E-state index in [2.05, 4.69) is 27.9 Å². The van der Waals surface area contributed by atoms with E-state index < -0.39 is 0 Å². The molecule has 0 spiro atoms. The first kappa shape index (κ1) is 18.4. The van der Waals surface area contributed by atoms with Crippen LogP contribution in [0.5, 0.6) is 5.75 Å². The highest BCUT2D eigenvalue weighted by Gasteiger charge is 2.16. The van der Waals surface area contributed by atoms with Crippen LogP contribution in [-0.2, 0) is 17.6 Å². The molecule has 140 valence electrons. The smallest absolute Gasteiger partial charge is 0.152 e. The molecule has 0 fully saturated rings. The molecule has 5 N–H and O–H groups in total. The Hall–Kier alpha value is -2.38. The van der Waals surface area contributed by atoms with E-state index in [-0.39, 0.29) is 0 Å². The highest BCUT2D eigenvalue weighted by atomic mass is 16.5. The predicted molar refractivity (Wildman–Crippen MR) is 105 cm³/mol. The molecule has 3 rings (SSSR count). The number of nitrogen functional groups attached to an aromatic ring is 1. The molecule has 0 bridgehead atoms. The minimum absolute atomic E-state index is 0.425. The second kappa shape index (κ2) is 8.33. The Bertz CT molecular complexity index is 891. The highest BCUT2D eigenvalue weighted by molar-refractivity contribution is 6.08. The second-order valence-corrected chi connectivity index (χ2v) is 6.36. The Morgan fingerprint density at radius 2 is 2.00 bits per heavy atom. The zero-order valence-electron chi connectivity index (χ0n) is 15.5. The Labute approximate surface area is 153 Å². The summed E-state index contributed by atoms with van der Waals surface area (Å²) in [5, 5.41) is 1.07. The van der Waals surface area contributed by atoms with E-state index >= 15 is 0 Å². The summed E-state index contributed by atoms with van der Waals surface area (Å²) >= 11 is 0. The maximum atomic E-state index is 6.18. The lowest BCUT2D eigenvalue weighted by atomic mass is 10.0. The van der Waals surface area contributed by atoms with E-state index in [1.165, 1.54) is 5.56 Å². The molecule has 26 heavy (non-hydrogen) atoms. The number of aryl methyl sites for hydroxylation is 1. The number of methoxy groups -OCH3 is 1. The van der Waals surface area contributed by atoms with Crippen LogP contribution in [0.2, 0.25) is 0 Å². The fraction of sp³-hybridized carbons (Fsp3) is 0.474. The van der Waals surface area contributed by atoms with Gasteiger partial charge in [0, 0.05) is 25.0 Å². The van der Waals surface area contributed by atoms with Crippen molar-refractivity contribution < 1.29 is 9.47 Å². The van der Waals surface area contributed by atoms with Gasteiger partial charge in [-0.2, -0.15) is 0 Å². The van der Waals surface area contributed by atoms with Crippen LogP contribution in [0.25, 0.3) is 21.9 Å². The van der Waals surface area contributed by atoms with Gasteiger partial charge in [0.25, 0.3) is 0 Å². The summed E-state index contributed by atoms with van der Waals surface area (Å²) in [5.74, 6) is 2.09. The number of nitrogens with zero attached hydrogens (tertiary/aromatic N) is 2. The molecule has 7 nitrogen and oxygen atoms in total. The van der Waals surface area contributed by atoms with E-state index in [9.17, 15) is 0 Å². The third kappa shape index (κ3) is 3.73. The van der Waals surface area contributed by atoms with E-state index in [1.54, 1.807) is 7.11 Å². The first-order chi connectivity index (χ1) is 12.7. The molecule has 2 heterocycles. The first-order valence-electron chi connectivity index (χ1n) is 9.10. The van der Waals surface area contributed by atoms with E-state index in [0.29, 0.717) is 32.0 Å². The van der Waals surface area contributed by atoms with Gasteiger partial charge in [0.1, 0.15) is 17.1 Å². The monoisotopic (exact) mass is 357 g/mol. The summed E-state index contributed by atoms with van der Waals surface area (Å²) in [4.78, 5) is 12.6. The number of hydrogen-bond donors (Lipinski definition) is 3. The summed E-state index contributed by atoms with van der Waals surface area (Å²) in [6.45, 7) is 3.97. The number of anilines is 1. The van der Waals surface area contributed by atoms with Crippen molar-refractivity contribution in [1.29, 1.82) is 0 Å². The van der Waals surface area contributed by atoms with Crippen molar-refractivity contribution in [3.63, 3.8) is 0 Å². The minimum Gasteiger partial charge on any atom is -0.493 e. The lowest BCUT2D eigenvalue weighted by Crippen LogP contribution is -2.06. The topological polar surface area (TPSA) is 112 Å². The first-order valence-corrected chi connectivity index (χ1v) is 9.10. The number of benzene rings is 1. The summed E-state index contributed by atoms with van der Waals surface area (Å²) in [5.41, 5.74) is 15.4. The number of aromatic nitrogens is 3. The standard InChI is InChI=1S/C19H27N5O2/c1-3-5-12-10-13(26-8-4-7-20)11-14-16(12)17-18(19(21)22-14)24-15(23-17)6-9-25-2/h10-11H,3-9,20H2,1-2H3,(H2,21,22)(H,23,24). The summed E-state index contributed by atoms with van der Waals surface area (Å²) < 4.78 is 11.0. The average Bonchev–Trinajstić information content (AvgIpc) is 3.05. The van der Waals surface area contributed by atoms with Crippen LogP contribution in [0.15, 0.2) is 12.1 Å². The molecule has 3 aromatic rings. The fourth-order valence-corrected chi connectivity index (χ4v) is 3.15. The number of fused-ring (bicyclic) bond motifs is 3. The molecule has 0 saturated carbocycles. The lowest BCUT2D eigenvalue weighted by Gasteiger charge is -2.12. The molecule has 0 amide bonds. The van der Waals surface area contributed by atoms with E-state index in [0.717, 1.165) is 52.8 Å². The molecule has 0 aliphatic heterocycles. The fourth-order valence-electron chi connectivity index (χ4n) is 3.15. The second-order valence-electron chi connectivity index (χ2n) is 6.36. The summed E-state index contributed by atoms with van der Waals surface area (Å²) in [6, 6.07) is 4.03. The molecule has 0 unspecified atom stereocenters. The lowest BCUT2D eigenvalue weighted by molar-refractivity contribution is 0.201. The van der Waals surface area contributed by atoms with Gasteiger partial charge in [-0.05, 0) is 31.0 Å². The van der Waals surface area contributed by atoms with Gasteiger partial charge in [-0.15, -0.1) is 0 Å². The SMILES string of the molecule is CCCc1cc(OCCCN)cc2nc(N)c3nc(CCOC)[nH]c3c12. The number of rotatable bonds is 9.